The molecule has 2 aliphatic rings. The van der Waals surface area contributed by atoms with Gasteiger partial charge in [0.05, 0.1) is 17.4 Å². The van der Waals surface area contributed by atoms with Gasteiger partial charge in [-0.05, 0) is 17.1 Å². The SMILES string of the molecule is C#CCN1CC(=O)N(COC(=O)[C@@H]2[C@@H](C=C(C#N)SCC)C2(C)C)C1=O. The molecule has 2 rings (SSSR count). The first-order valence-corrected chi connectivity index (χ1v) is 9.20. The van der Waals surface area contributed by atoms with Crippen molar-refractivity contribution in [3.8, 4) is 18.4 Å². The molecule has 0 N–H and O–H groups in total. The fourth-order valence-corrected chi connectivity index (χ4v) is 3.67. The molecule has 3 amide bonds. The molecule has 2 fully saturated rings. The van der Waals surface area contributed by atoms with Gasteiger partial charge in [0.2, 0.25) is 0 Å². The van der Waals surface area contributed by atoms with E-state index in [0.29, 0.717) is 4.91 Å². The van der Waals surface area contributed by atoms with Gasteiger partial charge in [-0.15, -0.1) is 18.2 Å². The molecule has 1 aliphatic carbocycles. The summed E-state index contributed by atoms with van der Waals surface area (Å²) >= 11 is 1.43. The lowest BCUT2D eigenvalue weighted by Gasteiger charge is -2.15. The van der Waals surface area contributed by atoms with Crippen LogP contribution in [0.4, 0.5) is 4.79 Å². The number of amides is 3. The number of allylic oxidation sites excluding steroid dienone is 2. The molecule has 0 spiro atoms. The van der Waals surface area contributed by atoms with Crippen LogP contribution in [0.3, 0.4) is 0 Å². The second-order valence-corrected chi connectivity index (χ2v) is 7.96. The van der Waals surface area contributed by atoms with Gasteiger partial charge in [-0.25, -0.2) is 9.69 Å². The number of nitrogens with zero attached hydrogens (tertiary/aromatic N) is 3. The lowest BCUT2D eigenvalue weighted by Crippen LogP contribution is -2.36. The topological polar surface area (TPSA) is 90.7 Å². The van der Waals surface area contributed by atoms with Crippen molar-refractivity contribution in [1.29, 1.82) is 5.26 Å². The second kappa shape index (κ2) is 7.84. The summed E-state index contributed by atoms with van der Waals surface area (Å²) in [6.45, 7) is 5.30. The van der Waals surface area contributed by atoms with Gasteiger partial charge in [0.25, 0.3) is 5.91 Å². The lowest BCUT2D eigenvalue weighted by atomic mass is 10.1. The molecular formula is C18H21N3O4S. The maximum atomic E-state index is 12.4. The molecule has 1 saturated carbocycles. The number of carbonyl (C=O) groups is 3. The standard InChI is InChI=1S/C18H21N3O4S/c1-5-7-20-10-14(22)21(17(20)24)11-25-16(23)15-13(18(15,3)4)8-12(9-19)26-6-2/h1,8,13,15H,6-7,10-11H2,2-4H3/t13-,15+/m1/s1. The fourth-order valence-electron chi connectivity index (χ4n) is 3.05. The van der Waals surface area contributed by atoms with E-state index in [4.69, 9.17) is 16.4 Å². The highest BCUT2D eigenvalue weighted by Gasteiger charge is 2.61. The van der Waals surface area contributed by atoms with Gasteiger partial charge >= 0.3 is 12.0 Å². The molecule has 1 heterocycles. The minimum atomic E-state index is -0.557. The van der Waals surface area contributed by atoms with Crippen LogP contribution in [0.25, 0.3) is 0 Å². The Labute approximate surface area is 157 Å². The van der Waals surface area contributed by atoms with Crippen molar-refractivity contribution in [2.24, 2.45) is 17.3 Å². The fraction of sp³-hybridized carbons (Fsp3) is 0.556. The predicted molar refractivity (Wildman–Crippen MR) is 96.2 cm³/mol. The van der Waals surface area contributed by atoms with E-state index in [1.807, 2.05) is 20.8 Å². The van der Waals surface area contributed by atoms with Gasteiger partial charge in [0, 0.05) is 0 Å². The number of esters is 1. The summed E-state index contributed by atoms with van der Waals surface area (Å²) in [5, 5.41) is 9.15. The molecule has 1 saturated heterocycles. The van der Waals surface area contributed by atoms with Crippen molar-refractivity contribution in [3.05, 3.63) is 11.0 Å². The molecule has 138 valence electrons. The van der Waals surface area contributed by atoms with Crippen molar-refractivity contribution in [1.82, 2.24) is 9.80 Å². The zero-order valence-electron chi connectivity index (χ0n) is 15.0. The third-order valence-corrected chi connectivity index (χ3v) is 5.48. The largest absolute Gasteiger partial charge is 0.443 e. The second-order valence-electron chi connectivity index (χ2n) is 6.66. The molecular weight excluding hydrogens is 354 g/mol. The Morgan fingerprint density at radius 3 is 2.77 bits per heavy atom. The first kappa shape index (κ1) is 19.9. The molecule has 0 aromatic rings. The Bertz CT molecular complexity index is 732. The number of hydrogen-bond donors (Lipinski definition) is 0. The van der Waals surface area contributed by atoms with E-state index in [2.05, 4.69) is 12.0 Å². The van der Waals surface area contributed by atoms with E-state index in [1.54, 1.807) is 6.08 Å². The van der Waals surface area contributed by atoms with E-state index in [-0.39, 0.29) is 24.4 Å². The molecule has 2 atom stereocenters. The minimum absolute atomic E-state index is 0.0313. The zero-order chi connectivity index (χ0) is 19.5. The summed E-state index contributed by atoms with van der Waals surface area (Å²) in [5.41, 5.74) is -0.331. The van der Waals surface area contributed by atoms with E-state index in [0.717, 1.165) is 10.7 Å². The van der Waals surface area contributed by atoms with Gasteiger partial charge < -0.3 is 9.64 Å². The van der Waals surface area contributed by atoms with E-state index >= 15 is 0 Å². The first-order valence-electron chi connectivity index (χ1n) is 8.22. The smallest absolute Gasteiger partial charge is 0.330 e. The quantitative estimate of drug-likeness (QED) is 0.292. The van der Waals surface area contributed by atoms with Crippen LogP contribution < -0.4 is 0 Å². The summed E-state index contributed by atoms with van der Waals surface area (Å²) in [6, 6.07) is 1.57. The molecule has 1 aliphatic heterocycles. The number of imide groups is 1. The monoisotopic (exact) mass is 375 g/mol. The van der Waals surface area contributed by atoms with E-state index in [1.165, 1.54) is 16.7 Å². The maximum Gasteiger partial charge on any atom is 0.330 e. The number of terminal acetylenes is 1. The van der Waals surface area contributed by atoms with Crippen LogP contribution in [0.15, 0.2) is 11.0 Å². The minimum Gasteiger partial charge on any atom is -0.443 e. The normalized spacial score (nSPS) is 24.3. The van der Waals surface area contributed by atoms with Crippen molar-refractivity contribution in [2.75, 3.05) is 25.6 Å². The number of nitriles is 1. The van der Waals surface area contributed by atoms with Gasteiger partial charge in [-0.3, -0.25) is 9.59 Å². The average Bonchev–Trinajstić information content (AvgIpc) is 3.02. The van der Waals surface area contributed by atoms with Gasteiger partial charge in [-0.2, -0.15) is 5.26 Å². The predicted octanol–water partition coefficient (Wildman–Crippen LogP) is 1.82. The van der Waals surface area contributed by atoms with Crippen molar-refractivity contribution >= 4 is 29.7 Å². The van der Waals surface area contributed by atoms with Crippen molar-refractivity contribution in [2.45, 2.75) is 20.8 Å². The summed E-state index contributed by atoms with van der Waals surface area (Å²) in [6.07, 6.45) is 6.97. The summed E-state index contributed by atoms with van der Waals surface area (Å²) < 4.78 is 5.21. The van der Waals surface area contributed by atoms with Crippen LogP contribution in [-0.2, 0) is 14.3 Å². The zero-order valence-corrected chi connectivity index (χ0v) is 15.8. The number of ether oxygens (including phenoxy) is 1. The summed E-state index contributed by atoms with van der Waals surface area (Å²) in [4.78, 5) is 39.0. The Morgan fingerprint density at radius 1 is 1.50 bits per heavy atom. The molecule has 0 unspecified atom stereocenters. The number of thioether (sulfide) groups is 1. The summed E-state index contributed by atoms with van der Waals surface area (Å²) in [7, 11) is 0. The number of carbonyl (C=O) groups excluding carboxylic acids is 3. The maximum absolute atomic E-state index is 12.4. The highest BCUT2D eigenvalue weighted by atomic mass is 32.2. The van der Waals surface area contributed by atoms with Crippen LogP contribution in [0.1, 0.15) is 20.8 Å². The average molecular weight is 375 g/mol. The third-order valence-electron chi connectivity index (χ3n) is 4.65. The van der Waals surface area contributed by atoms with Gasteiger partial charge in [-0.1, -0.05) is 32.8 Å². The Kier molecular flexibility index (Phi) is 5.99. The first-order chi connectivity index (χ1) is 12.3. The Balaban J connectivity index is 1.97. The van der Waals surface area contributed by atoms with Crippen LogP contribution in [-0.4, -0.2) is 53.3 Å². The number of urea groups is 1. The Hall–Kier alpha value is -2.45. The third kappa shape index (κ3) is 3.86. The van der Waals surface area contributed by atoms with E-state index in [9.17, 15) is 14.4 Å². The molecule has 0 radical (unpaired) electrons. The van der Waals surface area contributed by atoms with Gasteiger partial charge in [0.1, 0.15) is 12.6 Å². The van der Waals surface area contributed by atoms with Crippen LogP contribution in [0, 0.1) is 40.9 Å². The van der Waals surface area contributed by atoms with Crippen LogP contribution in [0.2, 0.25) is 0 Å². The lowest BCUT2D eigenvalue weighted by molar-refractivity contribution is -0.151. The van der Waals surface area contributed by atoms with Crippen LogP contribution in [0.5, 0.6) is 0 Å². The molecule has 8 heteroatoms. The van der Waals surface area contributed by atoms with E-state index < -0.39 is 30.6 Å². The van der Waals surface area contributed by atoms with Crippen molar-refractivity contribution in [3.63, 3.8) is 0 Å². The highest BCUT2D eigenvalue weighted by molar-refractivity contribution is 8.03. The summed E-state index contributed by atoms with van der Waals surface area (Å²) in [5.74, 6) is 1.64. The van der Waals surface area contributed by atoms with Gasteiger partial charge in [0.15, 0.2) is 6.73 Å². The molecule has 0 aromatic heterocycles. The number of hydrogen-bond acceptors (Lipinski definition) is 6. The van der Waals surface area contributed by atoms with Crippen molar-refractivity contribution < 1.29 is 19.1 Å². The molecule has 0 bridgehead atoms. The molecule has 0 aromatic carbocycles. The molecule has 7 nitrogen and oxygen atoms in total. The molecule has 26 heavy (non-hydrogen) atoms. The number of rotatable bonds is 7. The van der Waals surface area contributed by atoms with Crippen LogP contribution >= 0.6 is 11.8 Å². The highest BCUT2D eigenvalue weighted by Crippen LogP contribution is 2.60. The Morgan fingerprint density at radius 2 is 2.19 bits per heavy atom.